The van der Waals surface area contributed by atoms with E-state index in [4.69, 9.17) is 0 Å². The Morgan fingerprint density at radius 3 is 2.09 bits per heavy atom. The fourth-order valence-corrected chi connectivity index (χ4v) is 3.67. The van der Waals surface area contributed by atoms with Gasteiger partial charge in [-0.25, -0.2) is 0 Å². The molecule has 2 heteroatoms. The lowest BCUT2D eigenvalue weighted by atomic mass is 10.1. The first-order valence-corrected chi connectivity index (χ1v) is 8.78. The van der Waals surface area contributed by atoms with E-state index in [0.717, 1.165) is 12.0 Å². The lowest BCUT2D eigenvalue weighted by Gasteiger charge is -2.27. The number of thioether (sulfide) groups is 1. The van der Waals surface area contributed by atoms with Gasteiger partial charge < -0.3 is 5.11 Å². The fraction of sp³-hybridized carbons (Fsp3) is 0.333. The van der Waals surface area contributed by atoms with Crippen LogP contribution in [0.4, 0.5) is 0 Å². The monoisotopic (exact) mass is 324 g/mol. The second-order valence-electron chi connectivity index (χ2n) is 6.54. The number of aliphatic hydroxyl groups excluding tert-OH is 1. The maximum atomic E-state index is 10.6. The Bertz CT molecular complexity index is 647. The van der Waals surface area contributed by atoms with Gasteiger partial charge in [-0.2, -0.15) is 0 Å². The van der Waals surface area contributed by atoms with Gasteiger partial charge in [0.15, 0.2) is 0 Å². The molecular formula is C21H24OS. The van der Waals surface area contributed by atoms with E-state index < -0.39 is 6.10 Å². The highest BCUT2D eigenvalue weighted by molar-refractivity contribution is 8.01. The minimum Gasteiger partial charge on any atom is -0.379 e. The molecule has 0 saturated heterocycles. The third-order valence-corrected chi connectivity index (χ3v) is 4.71. The van der Waals surface area contributed by atoms with Crippen molar-refractivity contribution in [3.8, 4) is 11.8 Å². The van der Waals surface area contributed by atoms with E-state index in [1.807, 2.05) is 48.5 Å². The first-order chi connectivity index (χ1) is 10.9. The molecule has 0 spiro atoms. The Kier molecular flexibility index (Phi) is 6.33. The predicted molar refractivity (Wildman–Crippen MR) is 101 cm³/mol. The summed E-state index contributed by atoms with van der Waals surface area (Å²) in [7, 11) is 0. The number of hydrogen-bond donors (Lipinski definition) is 1. The van der Waals surface area contributed by atoms with Crippen molar-refractivity contribution in [1.29, 1.82) is 0 Å². The summed E-state index contributed by atoms with van der Waals surface area (Å²) < 4.78 is 0.0782. The van der Waals surface area contributed by atoms with E-state index >= 15 is 0 Å². The largest absolute Gasteiger partial charge is 0.379 e. The van der Waals surface area contributed by atoms with E-state index in [1.165, 1.54) is 5.56 Å². The van der Waals surface area contributed by atoms with Crippen molar-refractivity contribution in [3.05, 3.63) is 71.8 Å². The molecule has 0 unspecified atom stereocenters. The molecule has 2 atom stereocenters. The highest BCUT2D eigenvalue weighted by Crippen LogP contribution is 2.32. The van der Waals surface area contributed by atoms with E-state index in [1.54, 1.807) is 11.8 Å². The highest BCUT2D eigenvalue weighted by Gasteiger charge is 2.25. The van der Waals surface area contributed by atoms with Gasteiger partial charge in [-0.3, -0.25) is 0 Å². The van der Waals surface area contributed by atoms with Crippen LogP contribution in [0.3, 0.4) is 0 Å². The summed E-state index contributed by atoms with van der Waals surface area (Å²) in [6.45, 7) is 6.52. The molecule has 0 aromatic heterocycles. The summed E-state index contributed by atoms with van der Waals surface area (Å²) >= 11 is 1.79. The van der Waals surface area contributed by atoms with Crippen LogP contribution in [0, 0.1) is 11.8 Å². The Morgan fingerprint density at radius 2 is 1.52 bits per heavy atom. The Hall–Kier alpha value is -1.69. The summed E-state index contributed by atoms with van der Waals surface area (Å²) in [5.74, 6) is 6.11. The van der Waals surface area contributed by atoms with Crippen molar-refractivity contribution in [3.63, 3.8) is 0 Å². The van der Waals surface area contributed by atoms with Crippen molar-refractivity contribution >= 4 is 11.8 Å². The molecule has 2 aromatic carbocycles. The molecular weight excluding hydrogens is 300 g/mol. The molecule has 1 nitrogen and oxygen atoms in total. The highest BCUT2D eigenvalue weighted by atomic mass is 32.2. The molecule has 2 rings (SSSR count). The molecule has 0 fully saturated rings. The average molecular weight is 324 g/mol. The van der Waals surface area contributed by atoms with Gasteiger partial charge in [0.05, 0.1) is 0 Å². The maximum Gasteiger partial charge on any atom is 0.127 e. The first kappa shape index (κ1) is 17.7. The maximum absolute atomic E-state index is 10.6. The topological polar surface area (TPSA) is 20.2 Å². The molecule has 0 radical (unpaired) electrons. The summed E-state index contributed by atoms with van der Waals surface area (Å²) in [6, 6.07) is 20.1. The fourth-order valence-electron chi connectivity index (χ4n) is 2.29. The Labute approximate surface area is 144 Å². The number of rotatable bonds is 4. The van der Waals surface area contributed by atoms with E-state index in [0.29, 0.717) is 0 Å². The third-order valence-electron chi connectivity index (χ3n) is 3.27. The molecule has 23 heavy (non-hydrogen) atoms. The van der Waals surface area contributed by atoms with Crippen molar-refractivity contribution in [2.45, 2.75) is 43.3 Å². The van der Waals surface area contributed by atoms with Gasteiger partial charge in [0, 0.05) is 15.6 Å². The zero-order valence-corrected chi connectivity index (χ0v) is 14.8. The van der Waals surface area contributed by atoms with Crippen LogP contribution in [0.25, 0.3) is 0 Å². The second-order valence-corrected chi connectivity index (χ2v) is 8.60. The minimum absolute atomic E-state index is 0.0496. The minimum atomic E-state index is -0.653. The van der Waals surface area contributed by atoms with Gasteiger partial charge in [0.25, 0.3) is 0 Å². The number of hydrogen-bond acceptors (Lipinski definition) is 2. The standard InChI is InChI=1S/C21H24OS/c1-21(2,3)23-20(16-18-12-8-5-9-13-18)19(22)15-14-17-10-6-4-7-11-17/h4-13,19-20,22H,16H2,1-3H3/t19-,20-/m0/s1. The van der Waals surface area contributed by atoms with Crippen LogP contribution < -0.4 is 0 Å². The predicted octanol–water partition coefficient (Wildman–Crippen LogP) is 4.54. The van der Waals surface area contributed by atoms with E-state index in [9.17, 15) is 5.11 Å². The SMILES string of the molecule is CC(C)(C)S[C@@H](Cc1ccccc1)[C@@H](O)C#Cc1ccccc1. The lowest BCUT2D eigenvalue weighted by molar-refractivity contribution is 0.228. The first-order valence-electron chi connectivity index (χ1n) is 7.90. The molecule has 0 aliphatic heterocycles. The molecule has 120 valence electrons. The molecule has 1 N–H and O–H groups in total. The molecule has 0 bridgehead atoms. The van der Waals surface area contributed by atoms with Crippen molar-refractivity contribution in [1.82, 2.24) is 0 Å². The summed E-state index contributed by atoms with van der Waals surface area (Å²) in [4.78, 5) is 0. The second kappa shape index (κ2) is 8.24. The van der Waals surface area contributed by atoms with Gasteiger partial charge in [0.1, 0.15) is 6.10 Å². The van der Waals surface area contributed by atoms with Gasteiger partial charge in [-0.1, -0.05) is 81.1 Å². The Balaban J connectivity index is 2.14. The van der Waals surface area contributed by atoms with Crippen LogP contribution in [0.15, 0.2) is 60.7 Å². The van der Waals surface area contributed by atoms with Crippen molar-refractivity contribution in [2.24, 2.45) is 0 Å². The molecule has 0 aliphatic carbocycles. The normalized spacial score (nSPS) is 13.7. The summed E-state index contributed by atoms with van der Waals surface area (Å²) in [5, 5.41) is 10.7. The quantitative estimate of drug-likeness (QED) is 0.833. The van der Waals surface area contributed by atoms with Crippen LogP contribution >= 0.6 is 11.8 Å². The molecule has 0 saturated carbocycles. The number of benzene rings is 2. The van der Waals surface area contributed by atoms with Crippen molar-refractivity contribution < 1.29 is 5.11 Å². The van der Waals surface area contributed by atoms with Crippen LogP contribution in [-0.4, -0.2) is 21.2 Å². The molecule has 0 aliphatic rings. The van der Waals surface area contributed by atoms with Crippen LogP contribution in [0.1, 0.15) is 31.9 Å². The smallest absolute Gasteiger partial charge is 0.127 e. The molecule has 0 heterocycles. The zero-order valence-electron chi connectivity index (χ0n) is 14.0. The summed E-state index contributed by atoms with van der Waals surface area (Å²) in [6.07, 6.45) is 0.160. The third kappa shape index (κ3) is 6.52. The van der Waals surface area contributed by atoms with Crippen LogP contribution in [0.2, 0.25) is 0 Å². The van der Waals surface area contributed by atoms with Crippen LogP contribution in [-0.2, 0) is 6.42 Å². The van der Waals surface area contributed by atoms with Crippen molar-refractivity contribution in [2.75, 3.05) is 0 Å². The van der Waals surface area contributed by atoms with E-state index in [-0.39, 0.29) is 10.00 Å². The van der Waals surface area contributed by atoms with Crippen LogP contribution in [0.5, 0.6) is 0 Å². The Morgan fingerprint density at radius 1 is 0.957 bits per heavy atom. The lowest BCUT2D eigenvalue weighted by Crippen LogP contribution is -2.28. The van der Waals surface area contributed by atoms with Gasteiger partial charge in [-0.15, -0.1) is 11.8 Å². The average Bonchev–Trinajstić information content (AvgIpc) is 2.53. The van der Waals surface area contributed by atoms with Gasteiger partial charge >= 0.3 is 0 Å². The van der Waals surface area contributed by atoms with Gasteiger partial charge in [-0.05, 0) is 24.1 Å². The molecule has 2 aromatic rings. The number of aliphatic hydroxyl groups is 1. The molecule has 0 amide bonds. The summed E-state index contributed by atoms with van der Waals surface area (Å²) in [5.41, 5.74) is 2.17. The van der Waals surface area contributed by atoms with Gasteiger partial charge in [0.2, 0.25) is 0 Å². The van der Waals surface area contributed by atoms with E-state index in [2.05, 4.69) is 44.7 Å². The zero-order chi connectivity index (χ0) is 16.7.